The molecule has 4 rings (SSSR count). The molecule has 1 N–H and O–H groups in total. The third-order valence-electron chi connectivity index (χ3n) is 5.88. The van der Waals surface area contributed by atoms with Gasteiger partial charge in [0.05, 0.1) is 22.6 Å². The van der Waals surface area contributed by atoms with E-state index in [0.717, 1.165) is 30.4 Å². The molecule has 1 unspecified atom stereocenters. The number of para-hydroxylation sites is 1. The fourth-order valence-corrected chi connectivity index (χ4v) is 5.90. The van der Waals surface area contributed by atoms with Gasteiger partial charge in [0.25, 0.3) is 0 Å². The first-order valence-corrected chi connectivity index (χ1v) is 12.6. The predicted molar refractivity (Wildman–Crippen MR) is 120 cm³/mol. The number of nitrogens with zero attached hydrogens (tertiary/aromatic N) is 1. The van der Waals surface area contributed by atoms with Gasteiger partial charge >= 0.3 is 0 Å². The summed E-state index contributed by atoms with van der Waals surface area (Å²) in [6, 6.07) is 12.3. The van der Waals surface area contributed by atoms with Gasteiger partial charge in [-0.15, -0.1) is 0 Å². The molecular weight excluding hydrogens is 436 g/mol. The molecule has 2 aliphatic rings. The summed E-state index contributed by atoms with van der Waals surface area (Å²) in [7, 11) is -3.43. The second-order valence-corrected chi connectivity index (χ2v) is 10.4. The summed E-state index contributed by atoms with van der Waals surface area (Å²) in [5.41, 5.74) is 1.84. The van der Waals surface area contributed by atoms with Gasteiger partial charge in [-0.05, 0) is 43.0 Å². The quantitative estimate of drug-likeness (QED) is 0.701. The third kappa shape index (κ3) is 5.05. The summed E-state index contributed by atoms with van der Waals surface area (Å²) >= 11 is 6.20. The van der Waals surface area contributed by atoms with Crippen LogP contribution in [0.2, 0.25) is 5.02 Å². The summed E-state index contributed by atoms with van der Waals surface area (Å²) in [6.45, 7) is 1.68. The second kappa shape index (κ2) is 9.59. The number of halogens is 1. The molecule has 2 heterocycles. The molecule has 1 amide bonds. The third-order valence-corrected chi connectivity index (χ3v) is 8.09. The molecule has 166 valence electrons. The number of hydrogen-bond acceptors (Lipinski definition) is 4. The molecule has 31 heavy (non-hydrogen) atoms. The van der Waals surface area contributed by atoms with Crippen molar-refractivity contribution in [3.05, 3.63) is 58.6 Å². The fraction of sp³-hybridized carbons (Fsp3) is 0.435. The van der Waals surface area contributed by atoms with Crippen LogP contribution < -0.4 is 10.1 Å². The normalized spacial score (nSPS) is 19.3. The van der Waals surface area contributed by atoms with Crippen LogP contribution in [0.15, 0.2) is 47.4 Å². The van der Waals surface area contributed by atoms with E-state index in [1.807, 2.05) is 12.1 Å². The number of aryl methyl sites for hydroxylation is 1. The van der Waals surface area contributed by atoms with Crippen LogP contribution >= 0.6 is 11.6 Å². The van der Waals surface area contributed by atoms with Crippen molar-refractivity contribution < 1.29 is 17.9 Å². The van der Waals surface area contributed by atoms with E-state index in [0.29, 0.717) is 54.6 Å². The Labute approximate surface area is 188 Å². The minimum atomic E-state index is -3.43. The number of piperidine rings is 1. The molecular formula is C23H27ClN2O4S. The summed E-state index contributed by atoms with van der Waals surface area (Å²) in [6.07, 6.45) is 4.47. The molecule has 2 aromatic rings. The first-order valence-electron chi connectivity index (χ1n) is 10.7. The standard InChI is InChI=1S/C23H27ClN2O4S/c24-20-6-4-5-19-21(13-16-30-23(19)20)25-22(27)12-9-17-7-10-18(11-8-17)31(28,29)26-14-2-1-3-15-26/h4-8,10-11,21H,1-3,9,12-16H2,(H,25,27). The summed E-state index contributed by atoms with van der Waals surface area (Å²) < 4.78 is 32.7. The Bertz CT molecular complexity index is 1030. The van der Waals surface area contributed by atoms with E-state index in [-0.39, 0.29) is 11.9 Å². The molecule has 0 spiro atoms. The van der Waals surface area contributed by atoms with Crippen molar-refractivity contribution in [3.63, 3.8) is 0 Å². The van der Waals surface area contributed by atoms with Crippen molar-refractivity contribution in [2.45, 2.75) is 49.5 Å². The Morgan fingerprint density at radius 1 is 1.10 bits per heavy atom. The van der Waals surface area contributed by atoms with Gasteiger partial charge in [-0.25, -0.2) is 8.42 Å². The fourth-order valence-electron chi connectivity index (χ4n) is 4.14. The van der Waals surface area contributed by atoms with Gasteiger partial charge in [0.15, 0.2) is 0 Å². The van der Waals surface area contributed by atoms with Crippen LogP contribution in [0.25, 0.3) is 0 Å². The molecule has 2 aromatic carbocycles. The number of ether oxygens (including phenoxy) is 1. The van der Waals surface area contributed by atoms with Crippen LogP contribution in [0, 0.1) is 0 Å². The number of amides is 1. The van der Waals surface area contributed by atoms with E-state index in [1.165, 1.54) is 0 Å². The number of sulfonamides is 1. The zero-order valence-electron chi connectivity index (χ0n) is 17.3. The number of nitrogens with one attached hydrogen (secondary N) is 1. The first kappa shape index (κ1) is 22.1. The highest BCUT2D eigenvalue weighted by atomic mass is 35.5. The van der Waals surface area contributed by atoms with Crippen LogP contribution in [-0.4, -0.2) is 38.3 Å². The number of hydrogen-bond donors (Lipinski definition) is 1. The van der Waals surface area contributed by atoms with Crippen molar-refractivity contribution in [3.8, 4) is 5.75 Å². The highest BCUT2D eigenvalue weighted by Gasteiger charge is 2.26. The minimum absolute atomic E-state index is 0.0529. The SMILES string of the molecule is O=C(CCc1ccc(S(=O)(=O)N2CCCCC2)cc1)NC1CCOc2c(Cl)cccc21. The van der Waals surface area contributed by atoms with E-state index in [4.69, 9.17) is 16.3 Å². The number of rotatable bonds is 6. The maximum atomic E-state index is 12.8. The lowest BCUT2D eigenvalue weighted by atomic mass is 10.00. The van der Waals surface area contributed by atoms with Crippen molar-refractivity contribution in [1.82, 2.24) is 9.62 Å². The highest BCUT2D eigenvalue weighted by Crippen LogP contribution is 2.37. The van der Waals surface area contributed by atoms with Crippen LogP contribution in [0.3, 0.4) is 0 Å². The minimum Gasteiger partial charge on any atom is -0.492 e. The lowest BCUT2D eigenvalue weighted by Gasteiger charge is -2.27. The first-order chi connectivity index (χ1) is 14.9. The van der Waals surface area contributed by atoms with Gasteiger partial charge in [-0.3, -0.25) is 4.79 Å². The average Bonchev–Trinajstić information content (AvgIpc) is 2.79. The van der Waals surface area contributed by atoms with Crippen LogP contribution in [0.4, 0.5) is 0 Å². The van der Waals surface area contributed by atoms with Gasteiger partial charge in [0, 0.05) is 31.5 Å². The monoisotopic (exact) mass is 462 g/mol. The molecule has 1 saturated heterocycles. The number of carbonyl (C=O) groups is 1. The molecule has 0 aromatic heterocycles. The van der Waals surface area contributed by atoms with Gasteiger partial charge in [-0.2, -0.15) is 4.31 Å². The molecule has 1 fully saturated rings. The Balaban J connectivity index is 1.34. The van der Waals surface area contributed by atoms with E-state index >= 15 is 0 Å². The Morgan fingerprint density at radius 3 is 2.58 bits per heavy atom. The van der Waals surface area contributed by atoms with E-state index in [1.54, 1.807) is 34.6 Å². The van der Waals surface area contributed by atoms with Gasteiger partial charge in [-0.1, -0.05) is 42.3 Å². The summed E-state index contributed by atoms with van der Waals surface area (Å²) in [5, 5.41) is 3.62. The van der Waals surface area contributed by atoms with Crippen molar-refractivity contribution >= 4 is 27.5 Å². The zero-order chi connectivity index (χ0) is 21.8. The van der Waals surface area contributed by atoms with Crippen LogP contribution in [0.5, 0.6) is 5.75 Å². The lowest BCUT2D eigenvalue weighted by molar-refractivity contribution is -0.122. The molecule has 0 saturated carbocycles. The lowest BCUT2D eigenvalue weighted by Crippen LogP contribution is -2.35. The summed E-state index contributed by atoms with van der Waals surface area (Å²) in [5.74, 6) is 0.592. The van der Waals surface area contributed by atoms with Gasteiger partial charge in [0.2, 0.25) is 15.9 Å². The Kier molecular flexibility index (Phi) is 6.84. The number of fused-ring (bicyclic) bond motifs is 1. The van der Waals surface area contributed by atoms with E-state index < -0.39 is 10.0 Å². The predicted octanol–water partition coefficient (Wildman–Crippen LogP) is 4.09. The van der Waals surface area contributed by atoms with E-state index in [2.05, 4.69) is 5.32 Å². The maximum absolute atomic E-state index is 12.8. The number of carbonyl (C=O) groups excluding carboxylic acids is 1. The average molecular weight is 463 g/mol. The van der Waals surface area contributed by atoms with Gasteiger partial charge < -0.3 is 10.1 Å². The summed E-state index contributed by atoms with van der Waals surface area (Å²) in [4.78, 5) is 12.8. The molecule has 2 aliphatic heterocycles. The van der Waals surface area contributed by atoms with Crippen molar-refractivity contribution in [1.29, 1.82) is 0 Å². The maximum Gasteiger partial charge on any atom is 0.243 e. The van der Waals surface area contributed by atoms with Crippen LogP contribution in [-0.2, 0) is 21.2 Å². The Hall–Kier alpha value is -2.09. The molecule has 0 aliphatic carbocycles. The zero-order valence-corrected chi connectivity index (χ0v) is 18.9. The molecule has 8 heteroatoms. The molecule has 6 nitrogen and oxygen atoms in total. The van der Waals surface area contributed by atoms with E-state index in [9.17, 15) is 13.2 Å². The van der Waals surface area contributed by atoms with Crippen molar-refractivity contribution in [2.75, 3.05) is 19.7 Å². The second-order valence-electron chi connectivity index (χ2n) is 8.02. The highest BCUT2D eigenvalue weighted by molar-refractivity contribution is 7.89. The molecule has 0 radical (unpaired) electrons. The largest absolute Gasteiger partial charge is 0.492 e. The molecule has 0 bridgehead atoms. The Morgan fingerprint density at radius 2 is 1.84 bits per heavy atom. The smallest absolute Gasteiger partial charge is 0.243 e. The molecule has 1 atom stereocenters. The number of benzene rings is 2. The van der Waals surface area contributed by atoms with Gasteiger partial charge in [0.1, 0.15) is 5.75 Å². The van der Waals surface area contributed by atoms with Crippen molar-refractivity contribution in [2.24, 2.45) is 0 Å². The topological polar surface area (TPSA) is 75.7 Å². The van der Waals surface area contributed by atoms with Crippen LogP contribution in [0.1, 0.15) is 49.3 Å².